The van der Waals surface area contributed by atoms with E-state index in [1.807, 2.05) is 10.8 Å². The zero-order chi connectivity index (χ0) is 16.7. The van der Waals surface area contributed by atoms with E-state index in [1.165, 1.54) is 25.6 Å². The van der Waals surface area contributed by atoms with E-state index in [1.54, 1.807) is 0 Å². The second-order valence-corrected chi connectivity index (χ2v) is 6.92. The number of fused-ring (bicyclic) bond motifs is 1. The maximum atomic E-state index is 10.4. The lowest BCUT2D eigenvalue weighted by atomic mass is 9.84. The van der Waals surface area contributed by atoms with Crippen LogP contribution in [-0.2, 0) is 4.74 Å². The van der Waals surface area contributed by atoms with Gasteiger partial charge < -0.3 is 25.3 Å². The van der Waals surface area contributed by atoms with Crippen molar-refractivity contribution in [2.75, 3.05) is 12.3 Å². The lowest BCUT2D eigenvalue weighted by molar-refractivity contribution is -0.0484. The van der Waals surface area contributed by atoms with E-state index < -0.39 is 12.3 Å². The molecule has 130 valence electrons. The monoisotopic (exact) mass is 332 g/mol. The van der Waals surface area contributed by atoms with Crippen LogP contribution in [0, 0.1) is 0 Å². The maximum Gasteiger partial charge on any atom is 0.161 e. The van der Waals surface area contributed by atoms with E-state index in [2.05, 4.69) is 9.97 Å². The Hall–Kier alpha value is -1.70. The molecule has 0 amide bonds. The van der Waals surface area contributed by atoms with E-state index in [-0.39, 0.29) is 12.7 Å². The Morgan fingerprint density at radius 1 is 1.25 bits per heavy atom. The minimum atomic E-state index is -0.673. The number of nitrogens with zero attached hydrogens (tertiary/aromatic N) is 3. The summed E-state index contributed by atoms with van der Waals surface area (Å²) in [6.45, 7) is -0.0979. The Bertz CT molecular complexity index is 726. The van der Waals surface area contributed by atoms with Gasteiger partial charge in [-0.15, -0.1) is 0 Å². The van der Waals surface area contributed by atoms with Crippen LogP contribution < -0.4 is 5.73 Å². The van der Waals surface area contributed by atoms with Crippen LogP contribution in [0.15, 0.2) is 12.5 Å². The van der Waals surface area contributed by atoms with Crippen molar-refractivity contribution in [1.82, 2.24) is 14.5 Å². The van der Waals surface area contributed by atoms with E-state index in [9.17, 15) is 10.2 Å². The van der Waals surface area contributed by atoms with E-state index in [4.69, 9.17) is 10.5 Å². The molecule has 0 bridgehead atoms. The molecular formula is C17H24N4O3. The summed E-state index contributed by atoms with van der Waals surface area (Å²) in [5.74, 6) is 0.925. The third-order valence-corrected chi connectivity index (χ3v) is 5.36. The number of ether oxygens (including phenoxy) is 1. The lowest BCUT2D eigenvalue weighted by Crippen LogP contribution is -2.19. The molecule has 4 rings (SSSR count). The number of rotatable bonds is 3. The Labute approximate surface area is 140 Å². The topological polar surface area (TPSA) is 106 Å². The molecule has 0 radical (unpaired) electrons. The standard InChI is InChI=1S/C17H24N4O3/c18-15-14-12(10-4-2-1-3-5-10)7-21(16(14)20-9-19-15)17-13(23)6-11(8-22)24-17/h7,9-11,13,17,22-23H,1-6,8H2,(H2,18,19,20)/t11-,13+,17+/m0/s1. The molecule has 2 aromatic rings. The molecule has 24 heavy (non-hydrogen) atoms. The number of aliphatic hydroxyl groups excluding tert-OH is 2. The first-order valence-electron chi connectivity index (χ1n) is 8.74. The third-order valence-electron chi connectivity index (χ3n) is 5.36. The predicted octanol–water partition coefficient (Wildman–Crippen LogP) is 1.70. The van der Waals surface area contributed by atoms with Gasteiger partial charge in [0.1, 0.15) is 23.9 Å². The largest absolute Gasteiger partial charge is 0.394 e. The van der Waals surface area contributed by atoms with Gasteiger partial charge in [-0.1, -0.05) is 19.3 Å². The molecule has 0 unspecified atom stereocenters. The Morgan fingerprint density at radius 2 is 2.04 bits per heavy atom. The second kappa shape index (κ2) is 6.31. The minimum absolute atomic E-state index is 0.0979. The van der Waals surface area contributed by atoms with Crippen LogP contribution in [0.1, 0.15) is 56.2 Å². The van der Waals surface area contributed by atoms with Gasteiger partial charge in [-0.3, -0.25) is 0 Å². The van der Waals surface area contributed by atoms with Crippen molar-refractivity contribution in [2.24, 2.45) is 0 Å². The summed E-state index contributed by atoms with van der Waals surface area (Å²) in [7, 11) is 0. The Morgan fingerprint density at radius 3 is 2.75 bits per heavy atom. The molecule has 2 aliphatic rings. The molecule has 1 aliphatic heterocycles. The van der Waals surface area contributed by atoms with Crippen molar-refractivity contribution in [3.8, 4) is 0 Å². The van der Waals surface area contributed by atoms with Crippen LogP contribution in [0.5, 0.6) is 0 Å². The molecule has 3 atom stereocenters. The highest BCUT2D eigenvalue weighted by Crippen LogP contribution is 2.41. The van der Waals surface area contributed by atoms with Crippen LogP contribution in [0.25, 0.3) is 11.0 Å². The summed E-state index contributed by atoms with van der Waals surface area (Å²) in [5.41, 5.74) is 8.01. The summed E-state index contributed by atoms with van der Waals surface area (Å²) in [6, 6.07) is 0. The molecule has 1 saturated carbocycles. The summed E-state index contributed by atoms with van der Waals surface area (Å²) in [6.07, 6.45) is 8.33. The molecule has 7 heteroatoms. The normalized spacial score (nSPS) is 28.7. The van der Waals surface area contributed by atoms with Crippen molar-refractivity contribution in [2.45, 2.75) is 62.9 Å². The molecule has 4 N–H and O–H groups in total. The molecule has 2 aromatic heterocycles. The average molecular weight is 332 g/mol. The van der Waals surface area contributed by atoms with Crippen LogP contribution in [0.4, 0.5) is 5.82 Å². The highest BCUT2D eigenvalue weighted by molar-refractivity contribution is 5.90. The van der Waals surface area contributed by atoms with E-state index in [0.29, 0.717) is 23.8 Å². The number of aromatic nitrogens is 3. The highest BCUT2D eigenvalue weighted by Gasteiger charge is 2.36. The highest BCUT2D eigenvalue weighted by atomic mass is 16.5. The first kappa shape index (κ1) is 15.8. The van der Waals surface area contributed by atoms with Gasteiger partial charge in [-0.05, 0) is 24.3 Å². The summed E-state index contributed by atoms with van der Waals surface area (Å²) in [4.78, 5) is 8.57. The molecule has 7 nitrogen and oxygen atoms in total. The van der Waals surface area contributed by atoms with Crippen molar-refractivity contribution in [3.05, 3.63) is 18.1 Å². The summed E-state index contributed by atoms with van der Waals surface area (Å²) >= 11 is 0. The molecule has 0 aromatic carbocycles. The SMILES string of the molecule is Nc1ncnc2c1c(C1CCCCC1)cn2[C@@H]1O[C@H](CO)C[C@H]1O. The summed E-state index contributed by atoms with van der Waals surface area (Å²) in [5, 5.41) is 20.6. The zero-order valence-electron chi connectivity index (χ0n) is 13.6. The van der Waals surface area contributed by atoms with Crippen molar-refractivity contribution >= 4 is 16.9 Å². The second-order valence-electron chi connectivity index (χ2n) is 6.92. The van der Waals surface area contributed by atoms with Crippen LogP contribution in [0.2, 0.25) is 0 Å². The van der Waals surface area contributed by atoms with Crippen LogP contribution in [0.3, 0.4) is 0 Å². The van der Waals surface area contributed by atoms with Gasteiger partial charge in [0.05, 0.1) is 18.1 Å². The van der Waals surface area contributed by atoms with Crippen LogP contribution in [-0.4, -0.2) is 43.6 Å². The van der Waals surface area contributed by atoms with Gasteiger partial charge in [0.15, 0.2) is 6.23 Å². The number of nitrogens with two attached hydrogens (primary N) is 1. The van der Waals surface area contributed by atoms with Gasteiger partial charge in [-0.25, -0.2) is 9.97 Å². The number of nitrogen functional groups attached to an aromatic ring is 1. The molecule has 1 aliphatic carbocycles. The van der Waals surface area contributed by atoms with Crippen molar-refractivity contribution in [1.29, 1.82) is 0 Å². The smallest absolute Gasteiger partial charge is 0.161 e. The zero-order valence-corrected chi connectivity index (χ0v) is 13.6. The van der Waals surface area contributed by atoms with E-state index >= 15 is 0 Å². The molecule has 3 heterocycles. The first-order valence-corrected chi connectivity index (χ1v) is 8.74. The fourth-order valence-corrected chi connectivity index (χ4v) is 4.15. The molecule has 2 fully saturated rings. The molecular weight excluding hydrogens is 308 g/mol. The average Bonchev–Trinajstić information content (AvgIpc) is 3.17. The Kier molecular flexibility index (Phi) is 4.15. The third kappa shape index (κ3) is 2.56. The van der Waals surface area contributed by atoms with Gasteiger partial charge >= 0.3 is 0 Å². The summed E-state index contributed by atoms with van der Waals surface area (Å²) < 4.78 is 7.69. The molecule has 0 spiro atoms. The fourth-order valence-electron chi connectivity index (χ4n) is 4.15. The number of hydrogen-bond acceptors (Lipinski definition) is 6. The molecule has 1 saturated heterocycles. The van der Waals surface area contributed by atoms with Gasteiger partial charge in [0, 0.05) is 12.6 Å². The first-order chi connectivity index (χ1) is 11.7. The number of aliphatic hydroxyl groups is 2. The van der Waals surface area contributed by atoms with Gasteiger partial charge in [-0.2, -0.15) is 0 Å². The minimum Gasteiger partial charge on any atom is -0.394 e. The van der Waals surface area contributed by atoms with Crippen molar-refractivity contribution in [3.63, 3.8) is 0 Å². The quantitative estimate of drug-likeness (QED) is 0.790. The maximum absolute atomic E-state index is 10.4. The van der Waals surface area contributed by atoms with Gasteiger partial charge in [0.2, 0.25) is 0 Å². The van der Waals surface area contributed by atoms with Crippen molar-refractivity contribution < 1.29 is 14.9 Å². The van der Waals surface area contributed by atoms with Gasteiger partial charge in [0.25, 0.3) is 0 Å². The predicted molar refractivity (Wildman–Crippen MR) is 89.4 cm³/mol. The Balaban J connectivity index is 1.80. The van der Waals surface area contributed by atoms with E-state index in [0.717, 1.165) is 23.8 Å². The lowest BCUT2D eigenvalue weighted by Gasteiger charge is -2.21. The fraction of sp³-hybridized carbons (Fsp3) is 0.647. The number of hydrogen-bond donors (Lipinski definition) is 3. The van der Waals surface area contributed by atoms with Crippen LogP contribution >= 0.6 is 0 Å². The number of anilines is 1.